The molecule has 1 atom stereocenters. The minimum Gasteiger partial charge on any atom is -0.465 e. The van der Waals surface area contributed by atoms with Crippen molar-refractivity contribution in [3.63, 3.8) is 0 Å². The summed E-state index contributed by atoms with van der Waals surface area (Å²) in [5, 5.41) is 10.9. The van der Waals surface area contributed by atoms with Crippen LogP contribution in [0.4, 0.5) is 4.79 Å². The van der Waals surface area contributed by atoms with Gasteiger partial charge in [-0.3, -0.25) is 0 Å². The Hall–Kier alpha value is -1.07. The van der Waals surface area contributed by atoms with Crippen LogP contribution in [0.15, 0.2) is 22.7 Å². The van der Waals surface area contributed by atoms with Gasteiger partial charge in [0.25, 0.3) is 0 Å². The maximum Gasteiger partial charge on any atom is 0.404 e. The molecule has 1 aromatic rings. The van der Waals surface area contributed by atoms with Crippen LogP contribution in [0, 0.1) is 0 Å². The molecule has 0 radical (unpaired) electrons. The number of amides is 1. The minimum absolute atomic E-state index is 0.183. The quantitative estimate of drug-likeness (QED) is 0.877. The molecular formula is C11H12BrNO3. The van der Waals surface area contributed by atoms with Crippen LogP contribution in [0.5, 0.6) is 0 Å². The Kier molecular flexibility index (Phi) is 3.46. The van der Waals surface area contributed by atoms with Gasteiger partial charge in [-0.15, -0.1) is 0 Å². The molecule has 0 spiro atoms. The van der Waals surface area contributed by atoms with Crippen molar-refractivity contribution in [3.8, 4) is 0 Å². The zero-order valence-electron chi connectivity index (χ0n) is 8.57. The third-order valence-electron chi connectivity index (χ3n) is 2.58. The number of carbonyl (C=O) groups is 1. The first kappa shape index (κ1) is 11.4. The van der Waals surface area contributed by atoms with Crippen LogP contribution in [0.1, 0.15) is 17.2 Å². The average molecular weight is 286 g/mol. The van der Waals surface area contributed by atoms with Gasteiger partial charge in [0.05, 0.1) is 13.2 Å². The molecule has 1 aliphatic rings. The van der Waals surface area contributed by atoms with Crippen molar-refractivity contribution in [2.75, 3.05) is 13.2 Å². The van der Waals surface area contributed by atoms with Gasteiger partial charge in [0, 0.05) is 4.47 Å². The second-order valence-corrected chi connectivity index (χ2v) is 4.55. The van der Waals surface area contributed by atoms with E-state index in [0.29, 0.717) is 13.2 Å². The number of fused-ring (bicyclic) bond motifs is 1. The lowest BCUT2D eigenvalue weighted by molar-refractivity contribution is 0.0426. The van der Waals surface area contributed by atoms with Crippen LogP contribution in [0.3, 0.4) is 0 Å². The molecule has 1 amide bonds. The molecule has 2 rings (SSSR count). The van der Waals surface area contributed by atoms with Crippen molar-refractivity contribution in [2.45, 2.75) is 12.5 Å². The highest BCUT2D eigenvalue weighted by Crippen LogP contribution is 2.29. The summed E-state index contributed by atoms with van der Waals surface area (Å²) in [6.45, 7) is 0.930. The number of hydrogen-bond acceptors (Lipinski definition) is 2. The zero-order chi connectivity index (χ0) is 11.5. The first-order valence-corrected chi connectivity index (χ1v) is 5.83. The summed E-state index contributed by atoms with van der Waals surface area (Å²) >= 11 is 3.41. The van der Waals surface area contributed by atoms with Gasteiger partial charge in [-0.2, -0.15) is 0 Å². The first-order valence-electron chi connectivity index (χ1n) is 5.03. The molecule has 5 heteroatoms. The van der Waals surface area contributed by atoms with Crippen molar-refractivity contribution in [1.29, 1.82) is 0 Å². The predicted molar refractivity (Wildman–Crippen MR) is 62.6 cm³/mol. The topological polar surface area (TPSA) is 58.6 Å². The summed E-state index contributed by atoms with van der Waals surface area (Å²) in [5.74, 6) is 0. The number of ether oxygens (including phenoxy) is 1. The van der Waals surface area contributed by atoms with E-state index < -0.39 is 6.09 Å². The highest BCUT2D eigenvalue weighted by atomic mass is 79.9. The molecule has 2 N–H and O–H groups in total. The molecule has 0 fully saturated rings. The van der Waals surface area contributed by atoms with E-state index in [2.05, 4.69) is 27.3 Å². The fraction of sp³-hybridized carbons (Fsp3) is 0.364. The second kappa shape index (κ2) is 4.84. The van der Waals surface area contributed by atoms with Gasteiger partial charge in [0.1, 0.15) is 6.10 Å². The molecule has 86 valence electrons. The Labute approximate surface area is 102 Å². The number of carboxylic acid groups (broad SMARTS) is 1. The van der Waals surface area contributed by atoms with Gasteiger partial charge in [-0.05, 0) is 29.7 Å². The minimum atomic E-state index is -1.02. The van der Waals surface area contributed by atoms with Crippen LogP contribution >= 0.6 is 15.9 Å². The SMILES string of the molecule is O=C(O)NCC1OCCc2ccc(Br)cc21. The van der Waals surface area contributed by atoms with Gasteiger partial charge in [-0.1, -0.05) is 22.0 Å². The van der Waals surface area contributed by atoms with Gasteiger partial charge < -0.3 is 15.2 Å². The van der Waals surface area contributed by atoms with E-state index in [-0.39, 0.29) is 6.10 Å². The lowest BCUT2D eigenvalue weighted by atomic mass is 9.98. The third kappa shape index (κ3) is 2.54. The summed E-state index contributed by atoms with van der Waals surface area (Å²) in [7, 11) is 0. The Morgan fingerprint density at radius 3 is 3.19 bits per heavy atom. The molecule has 16 heavy (non-hydrogen) atoms. The predicted octanol–water partition coefficient (Wildman–Crippen LogP) is 2.33. The van der Waals surface area contributed by atoms with Gasteiger partial charge in [0.2, 0.25) is 0 Å². The normalized spacial score (nSPS) is 18.9. The van der Waals surface area contributed by atoms with Gasteiger partial charge in [-0.25, -0.2) is 4.79 Å². The lowest BCUT2D eigenvalue weighted by Gasteiger charge is -2.26. The van der Waals surface area contributed by atoms with E-state index in [9.17, 15) is 4.79 Å². The summed E-state index contributed by atoms with van der Waals surface area (Å²) in [6, 6.07) is 6.03. The lowest BCUT2D eigenvalue weighted by Crippen LogP contribution is -2.30. The van der Waals surface area contributed by atoms with Crippen LogP contribution in [0.25, 0.3) is 0 Å². The highest BCUT2D eigenvalue weighted by Gasteiger charge is 2.21. The molecule has 0 bridgehead atoms. The van der Waals surface area contributed by atoms with Crippen molar-refractivity contribution in [2.24, 2.45) is 0 Å². The van der Waals surface area contributed by atoms with Crippen LogP contribution in [-0.4, -0.2) is 24.4 Å². The molecule has 0 saturated carbocycles. The summed E-state index contributed by atoms with van der Waals surface area (Å²) in [4.78, 5) is 10.4. The van der Waals surface area contributed by atoms with Crippen molar-refractivity contribution in [1.82, 2.24) is 5.32 Å². The molecule has 0 aromatic heterocycles. The number of nitrogens with one attached hydrogen (secondary N) is 1. The van der Waals surface area contributed by atoms with E-state index in [4.69, 9.17) is 9.84 Å². The monoisotopic (exact) mass is 285 g/mol. The van der Waals surface area contributed by atoms with E-state index >= 15 is 0 Å². The van der Waals surface area contributed by atoms with Gasteiger partial charge >= 0.3 is 6.09 Å². The van der Waals surface area contributed by atoms with Crippen molar-refractivity contribution < 1.29 is 14.6 Å². The molecular weight excluding hydrogens is 274 g/mol. The number of halogens is 1. The Bertz CT molecular complexity index is 408. The van der Waals surface area contributed by atoms with Crippen molar-refractivity contribution in [3.05, 3.63) is 33.8 Å². The fourth-order valence-corrected chi connectivity index (χ4v) is 2.22. The Morgan fingerprint density at radius 1 is 1.62 bits per heavy atom. The Balaban J connectivity index is 2.18. The largest absolute Gasteiger partial charge is 0.465 e. The molecule has 1 aromatic carbocycles. The number of hydrogen-bond donors (Lipinski definition) is 2. The van der Waals surface area contributed by atoms with E-state index in [1.165, 1.54) is 5.56 Å². The van der Waals surface area contributed by atoms with E-state index in [0.717, 1.165) is 16.5 Å². The number of benzene rings is 1. The van der Waals surface area contributed by atoms with Crippen molar-refractivity contribution >= 4 is 22.0 Å². The first-order chi connectivity index (χ1) is 7.66. The zero-order valence-corrected chi connectivity index (χ0v) is 10.2. The maximum atomic E-state index is 10.4. The smallest absolute Gasteiger partial charge is 0.404 e. The Morgan fingerprint density at radius 2 is 2.44 bits per heavy atom. The second-order valence-electron chi connectivity index (χ2n) is 3.64. The van der Waals surface area contributed by atoms with Crippen LogP contribution < -0.4 is 5.32 Å². The summed E-state index contributed by atoms with van der Waals surface area (Å²) < 4.78 is 6.55. The highest BCUT2D eigenvalue weighted by molar-refractivity contribution is 9.10. The molecule has 0 aliphatic carbocycles. The third-order valence-corrected chi connectivity index (χ3v) is 3.08. The molecule has 4 nitrogen and oxygen atoms in total. The molecule has 1 aliphatic heterocycles. The summed E-state index contributed by atoms with van der Waals surface area (Å²) in [6.07, 6.45) is -0.324. The fourth-order valence-electron chi connectivity index (χ4n) is 1.84. The summed E-state index contributed by atoms with van der Waals surface area (Å²) in [5.41, 5.74) is 2.29. The maximum absolute atomic E-state index is 10.4. The molecule has 1 heterocycles. The van der Waals surface area contributed by atoms with Crippen LogP contribution in [-0.2, 0) is 11.2 Å². The molecule has 1 unspecified atom stereocenters. The molecule has 0 saturated heterocycles. The standard InChI is InChI=1S/C11H12BrNO3/c12-8-2-1-7-3-4-16-10(9(7)5-8)6-13-11(14)15/h1-2,5,10,13H,3-4,6H2,(H,14,15). The number of rotatable bonds is 2. The van der Waals surface area contributed by atoms with Gasteiger partial charge in [0.15, 0.2) is 0 Å². The average Bonchev–Trinajstić information content (AvgIpc) is 2.26. The van der Waals surface area contributed by atoms with E-state index in [1.54, 1.807) is 0 Å². The van der Waals surface area contributed by atoms with Crippen LogP contribution in [0.2, 0.25) is 0 Å². The van der Waals surface area contributed by atoms with E-state index in [1.807, 2.05) is 12.1 Å².